The largest absolute Gasteiger partial charge is 0.288 e. The quantitative estimate of drug-likeness (QED) is 0.814. The summed E-state index contributed by atoms with van der Waals surface area (Å²) in [5, 5.41) is 0. The van der Waals surface area contributed by atoms with Crippen LogP contribution in [0.3, 0.4) is 0 Å². The standard InChI is InChI=1S/C11H11BrClN3/c1-2-10-14-3-4-16(10)11-8(6-13)5-9(12)7-15-11/h3-5,7H,2,6H2,1H3. The number of imidazole rings is 1. The predicted octanol–water partition coefficient (Wildman–Crippen LogP) is 3.33. The molecule has 2 aromatic heterocycles. The SMILES string of the molecule is CCc1nccn1-c1ncc(Br)cc1CCl. The van der Waals surface area contributed by atoms with Crippen LogP contribution >= 0.6 is 27.5 Å². The van der Waals surface area contributed by atoms with Crippen LogP contribution in [0.2, 0.25) is 0 Å². The van der Waals surface area contributed by atoms with Gasteiger partial charge in [0.15, 0.2) is 0 Å². The predicted molar refractivity (Wildman–Crippen MR) is 68.0 cm³/mol. The van der Waals surface area contributed by atoms with Crippen molar-refractivity contribution in [2.24, 2.45) is 0 Å². The van der Waals surface area contributed by atoms with Crippen molar-refractivity contribution in [3.63, 3.8) is 0 Å². The first kappa shape index (κ1) is 11.6. The molecule has 0 aliphatic rings. The van der Waals surface area contributed by atoms with Gasteiger partial charge in [-0.15, -0.1) is 11.6 Å². The molecule has 0 radical (unpaired) electrons. The third-order valence-corrected chi connectivity index (χ3v) is 3.04. The Labute approximate surface area is 108 Å². The summed E-state index contributed by atoms with van der Waals surface area (Å²) in [6, 6.07) is 1.98. The topological polar surface area (TPSA) is 30.7 Å². The maximum atomic E-state index is 5.92. The first-order valence-electron chi connectivity index (χ1n) is 4.99. The molecule has 5 heteroatoms. The number of hydrogen-bond donors (Lipinski definition) is 0. The zero-order chi connectivity index (χ0) is 11.5. The molecular formula is C11H11BrClN3. The van der Waals surface area contributed by atoms with Crippen LogP contribution in [0.5, 0.6) is 0 Å². The van der Waals surface area contributed by atoms with E-state index in [0.717, 1.165) is 28.1 Å². The number of nitrogens with zero attached hydrogens (tertiary/aromatic N) is 3. The summed E-state index contributed by atoms with van der Waals surface area (Å²) in [6.45, 7) is 2.07. The van der Waals surface area contributed by atoms with E-state index in [0.29, 0.717) is 5.88 Å². The summed E-state index contributed by atoms with van der Waals surface area (Å²) < 4.78 is 2.91. The smallest absolute Gasteiger partial charge is 0.142 e. The van der Waals surface area contributed by atoms with Gasteiger partial charge in [-0.2, -0.15) is 0 Å². The number of hydrogen-bond acceptors (Lipinski definition) is 2. The number of alkyl halides is 1. The highest BCUT2D eigenvalue weighted by Crippen LogP contribution is 2.20. The van der Waals surface area contributed by atoms with Crippen LogP contribution in [0, 0.1) is 0 Å². The average molecular weight is 301 g/mol. The number of aromatic nitrogens is 3. The minimum absolute atomic E-state index is 0.434. The lowest BCUT2D eigenvalue weighted by Gasteiger charge is -2.09. The van der Waals surface area contributed by atoms with Gasteiger partial charge >= 0.3 is 0 Å². The van der Waals surface area contributed by atoms with Crippen LogP contribution in [0.25, 0.3) is 5.82 Å². The van der Waals surface area contributed by atoms with Crippen LogP contribution in [-0.2, 0) is 12.3 Å². The van der Waals surface area contributed by atoms with Crippen molar-refractivity contribution >= 4 is 27.5 Å². The minimum Gasteiger partial charge on any atom is -0.288 e. The van der Waals surface area contributed by atoms with Gasteiger partial charge in [-0.25, -0.2) is 9.97 Å². The molecule has 16 heavy (non-hydrogen) atoms. The molecule has 0 saturated carbocycles. The van der Waals surface area contributed by atoms with Crippen LogP contribution < -0.4 is 0 Å². The number of pyridine rings is 1. The van der Waals surface area contributed by atoms with Gasteiger partial charge < -0.3 is 0 Å². The second-order valence-corrected chi connectivity index (χ2v) is 4.52. The molecular weight excluding hydrogens is 289 g/mol. The van der Waals surface area contributed by atoms with E-state index in [9.17, 15) is 0 Å². The summed E-state index contributed by atoms with van der Waals surface area (Å²) in [5.41, 5.74) is 0.990. The highest BCUT2D eigenvalue weighted by molar-refractivity contribution is 9.10. The van der Waals surface area contributed by atoms with Gasteiger partial charge in [0.2, 0.25) is 0 Å². The second kappa shape index (κ2) is 4.97. The van der Waals surface area contributed by atoms with Gasteiger partial charge in [0.05, 0.1) is 5.88 Å². The molecule has 0 unspecified atom stereocenters. The highest BCUT2D eigenvalue weighted by atomic mass is 79.9. The molecule has 3 nitrogen and oxygen atoms in total. The fourth-order valence-electron chi connectivity index (χ4n) is 1.58. The molecule has 0 bridgehead atoms. The van der Waals surface area contributed by atoms with Crippen molar-refractivity contribution < 1.29 is 0 Å². The van der Waals surface area contributed by atoms with E-state index in [2.05, 4.69) is 32.8 Å². The minimum atomic E-state index is 0.434. The normalized spacial score (nSPS) is 10.7. The lowest BCUT2D eigenvalue weighted by molar-refractivity contribution is 0.858. The Morgan fingerprint density at radius 3 is 2.94 bits per heavy atom. The van der Waals surface area contributed by atoms with Crippen LogP contribution in [0.15, 0.2) is 29.1 Å². The summed E-state index contributed by atoms with van der Waals surface area (Å²) in [7, 11) is 0. The van der Waals surface area contributed by atoms with Gasteiger partial charge in [-0.05, 0) is 22.0 Å². The molecule has 0 aliphatic carbocycles. The van der Waals surface area contributed by atoms with Crippen molar-refractivity contribution in [1.82, 2.24) is 14.5 Å². The number of rotatable bonds is 3. The van der Waals surface area contributed by atoms with Gasteiger partial charge in [-0.1, -0.05) is 6.92 Å². The van der Waals surface area contributed by atoms with E-state index in [1.165, 1.54) is 0 Å². The molecule has 0 amide bonds. The summed E-state index contributed by atoms with van der Waals surface area (Å²) in [4.78, 5) is 8.67. The van der Waals surface area contributed by atoms with Gasteiger partial charge in [0.25, 0.3) is 0 Å². The lowest BCUT2D eigenvalue weighted by atomic mass is 10.3. The van der Waals surface area contributed by atoms with Crippen LogP contribution in [-0.4, -0.2) is 14.5 Å². The average Bonchev–Trinajstić information content (AvgIpc) is 2.76. The molecule has 0 aliphatic heterocycles. The molecule has 0 N–H and O–H groups in total. The number of halogens is 2. The Balaban J connectivity index is 2.55. The van der Waals surface area contributed by atoms with E-state index < -0.39 is 0 Å². The van der Waals surface area contributed by atoms with Crippen molar-refractivity contribution in [2.75, 3.05) is 0 Å². The van der Waals surface area contributed by atoms with E-state index in [1.54, 1.807) is 12.4 Å². The fourth-order valence-corrected chi connectivity index (χ4v) is 2.15. The highest BCUT2D eigenvalue weighted by Gasteiger charge is 2.09. The fraction of sp³-hybridized carbons (Fsp3) is 0.273. The summed E-state index contributed by atoms with van der Waals surface area (Å²) in [6.07, 6.45) is 6.32. The molecule has 2 aromatic rings. The summed E-state index contributed by atoms with van der Waals surface area (Å²) in [5.74, 6) is 2.28. The van der Waals surface area contributed by atoms with Crippen molar-refractivity contribution in [3.05, 3.63) is 40.5 Å². The third-order valence-electron chi connectivity index (χ3n) is 2.32. The van der Waals surface area contributed by atoms with E-state index in [4.69, 9.17) is 11.6 Å². The third kappa shape index (κ3) is 2.13. The van der Waals surface area contributed by atoms with E-state index >= 15 is 0 Å². The summed E-state index contributed by atoms with van der Waals surface area (Å²) >= 11 is 9.31. The Morgan fingerprint density at radius 1 is 1.44 bits per heavy atom. The second-order valence-electron chi connectivity index (χ2n) is 3.34. The Bertz CT molecular complexity index is 496. The van der Waals surface area contributed by atoms with Crippen molar-refractivity contribution in [2.45, 2.75) is 19.2 Å². The van der Waals surface area contributed by atoms with E-state index in [1.807, 2.05) is 16.8 Å². The lowest BCUT2D eigenvalue weighted by Crippen LogP contribution is -2.04. The van der Waals surface area contributed by atoms with Gasteiger partial charge in [-0.3, -0.25) is 4.57 Å². The zero-order valence-electron chi connectivity index (χ0n) is 8.82. The van der Waals surface area contributed by atoms with Crippen LogP contribution in [0.4, 0.5) is 0 Å². The molecule has 0 spiro atoms. The number of aryl methyl sites for hydroxylation is 1. The first-order valence-corrected chi connectivity index (χ1v) is 6.32. The molecule has 0 aromatic carbocycles. The maximum absolute atomic E-state index is 5.92. The molecule has 0 saturated heterocycles. The molecule has 0 atom stereocenters. The molecule has 2 heterocycles. The van der Waals surface area contributed by atoms with Gasteiger partial charge in [0.1, 0.15) is 11.6 Å². The Kier molecular flexibility index (Phi) is 3.61. The van der Waals surface area contributed by atoms with Gasteiger partial charge in [0, 0.05) is 35.0 Å². The zero-order valence-corrected chi connectivity index (χ0v) is 11.2. The molecule has 2 rings (SSSR count). The Morgan fingerprint density at radius 2 is 2.25 bits per heavy atom. The first-order chi connectivity index (χ1) is 7.76. The van der Waals surface area contributed by atoms with E-state index in [-0.39, 0.29) is 0 Å². The molecule has 84 valence electrons. The molecule has 0 fully saturated rings. The van der Waals surface area contributed by atoms with Crippen LogP contribution in [0.1, 0.15) is 18.3 Å². The van der Waals surface area contributed by atoms with Crippen molar-refractivity contribution in [1.29, 1.82) is 0 Å². The Hall–Kier alpha value is -0.870. The monoisotopic (exact) mass is 299 g/mol. The maximum Gasteiger partial charge on any atom is 0.142 e. The van der Waals surface area contributed by atoms with Crippen molar-refractivity contribution in [3.8, 4) is 5.82 Å².